The molecule has 1 heteroatoms. The molecule has 0 spiro atoms. The van der Waals surface area contributed by atoms with Crippen LogP contribution in [0.3, 0.4) is 0 Å². The molecule has 0 N–H and O–H groups in total. The SMILES string of the molecule is C=C/C(C(=C)C)=C(C#Cc1ccccc1C#N)/C=C\C. The fraction of sp³-hybridized carbons (Fsp3) is 0.105. The highest BCUT2D eigenvalue weighted by atomic mass is 14.2. The Hall–Kier alpha value is -2.77. The standard InChI is InChI=1S/C19H17N/c1-5-9-17(19(6-2)15(3)4)13-12-16-10-7-8-11-18(16)14-20/h5-11H,2-3H2,1,4H3/b9-5-,19-17+. The second kappa shape index (κ2) is 7.62. The third-order valence-electron chi connectivity index (χ3n) is 2.67. The summed E-state index contributed by atoms with van der Waals surface area (Å²) in [5.74, 6) is 6.15. The van der Waals surface area contributed by atoms with E-state index in [1.807, 2.05) is 44.2 Å². The van der Waals surface area contributed by atoms with Gasteiger partial charge in [0, 0.05) is 11.1 Å². The average molecular weight is 259 g/mol. The van der Waals surface area contributed by atoms with E-state index in [0.29, 0.717) is 5.56 Å². The minimum Gasteiger partial charge on any atom is -0.192 e. The maximum Gasteiger partial charge on any atom is 0.100 e. The van der Waals surface area contributed by atoms with Crippen LogP contribution in [0.1, 0.15) is 25.0 Å². The molecule has 0 heterocycles. The Balaban J connectivity index is 3.37. The summed E-state index contributed by atoms with van der Waals surface area (Å²) in [5.41, 5.74) is 3.99. The molecule has 1 nitrogen and oxygen atoms in total. The van der Waals surface area contributed by atoms with Gasteiger partial charge >= 0.3 is 0 Å². The van der Waals surface area contributed by atoms with Gasteiger partial charge in [0.15, 0.2) is 0 Å². The highest BCUT2D eigenvalue weighted by Gasteiger charge is 2.00. The van der Waals surface area contributed by atoms with Gasteiger partial charge in [-0.05, 0) is 37.1 Å². The fourth-order valence-corrected chi connectivity index (χ4v) is 1.70. The molecule has 0 unspecified atom stereocenters. The molecule has 1 aromatic rings. The second-order valence-electron chi connectivity index (χ2n) is 4.22. The highest BCUT2D eigenvalue weighted by molar-refractivity contribution is 5.57. The minimum absolute atomic E-state index is 0.579. The van der Waals surface area contributed by atoms with E-state index in [0.717, 1.165) is 22.3 Å². The van der Waals surface area contributed by atoms with E-state index < -0.39 is 0 Å². The Morgan fingerprint density at radius 3 is 2.40 bits per heavy atom. The average Bonchev–Trinajstić information content (AvgIpc) is 2.45. The zero-order valence-corrected chi connectivity index (χ0v) is 11.9. The molecule has 0 saturated carbocycles. The number of nitrogens with zero attached hydrogens (tertiary/aromatic N) is 1. The molecule has 0 aliphatic carbocycles. The molecule has 0 saturated heterocycles. The molecule has 0 aliphatic rings. The van der Waals surface area contributed by atoms with E-state index in [9.17, 15) is 0 Å². The van der Waals surface area contributed by atoms with Crippen molar-refractivity contribution < 1.29 is 0 Å². The third-order valence-corrected chi connectivity index (χ3v) is 2.67. The largest absolute Gasteiger partial charge is 0.192 e. The van der Waals surface area contributed by atoms with Crippen LogP contribution in [0.4, 0.5) is 0 Å². The van der Waals surface area contributed by atoms with E-state index in [2.05, 4.69) is 31.1 Å². The number of allylic oxidation sites excluding steroid dienone is 6. The van der Waals surface area contributed by atoms with E-state index in [4.69, 9.17) is 5.26 Å². The molecular formula is C19H17N. The molecule has 0 amide bonds. The van der Waals surface area contributed by atoms with Crippen molar-refractivity contribution in [2.24, 2.45) is 0 Å². The first-order chi connectivity index (χ1) is 9.63. The second-order valence-corrected chi connectivity index (χ2v) is 4.22. The van der Waals surface area contributed by atoms with Crippen LogP contribution in [-0.2, 0) is 0 Å². The number of rotatable bonds is 3. The smallest absolute Gasteiger partial charge is 0.100 e. The Bertz CT molecular complexity index is 682. The minimum atomic E-state index is 0.579. The van der Waals surface area contributed by atoms with Gasteiger partial charge in [0.1, 0.15) is 6.07 Å². The molecule has 0 radical (unpaired) electrons. The fourth-order valence-electron chi connectivity index (χ4n) is 1.70. The maximum atomic E-state index is 9.06. The Kier molecular flexibility index (Phi) is 5.82. The van der Waals surface area contributed by atoms with Gasteiger partial charge in [-0.3, -0.25) is 0 Å². The molecule has 0 aliphatic heterocycles. The van der Waals surface area contributed by atoms with Crippen molar-refractivity contribution in [3.8, 4) is 17.9 Å². The van der Waals surface area contributed by atoms with Gasteiger partial charge in [0.25, 0.3) is 0 Å². The first-order valence-electron chi connectivity index (χ1n) is 6.30. The van der Waals surface area contributed by atoms with Crippen molar-refractivity contribution in [2.75, 3.05) is 0 Å². The van der Waals surface area contributed by atoms with Gasteiger partial charge in [0.2, 0.25) is 0 Å². The lowest BCUT2D eigenvalue weighted by Crippen LogP contribution is -1.87. The van der Waals surface area contributed by atoms with Gasteiger partial charge in [0.05, 0.1) is 5.56 Å². The molecule has 1 rings (SSSR count). The zero-order chi connectivity index (χ0) is 15.0. The monoisotopic (exact) mass is 259 g/mol. The van der Waals surface area contributed by atoms with Crippen molar-refractivity contribution in [2.45, 2.75) is 13.8 Å². The number of hydrogen-bond acceptors (Lipinski definition) is 1. The van der Waals surface area contributed by atoms with Gasteiger partial charge in [-0.2, -0.15) is 5.26 Å². The van der Waals surface area contributed by atoms with E-state index in [-0.39, 0.29) is 0 Å². The highest BCUT2D eigenvalue weighted by Crippen LogP contribution is 2.15. The molecule has 0 atom stereocenters. The van der Waals surface area contributed by atoms with Gasteiger partial charge in [-0.15, -0.1) is 0 Å². The summed E-state index contributed by atoms with van der Waals surface area (Å²) in [6.07, 6.45) is 5.60. The Morgan fingerprint density at radius 1 is 1.25 bits per heavy atom. The lowest BCUT2D eigenvalue weighted by Gasteiger charge is -2.02. The first-order valence-corrected chi connectivity index (χ1v) is 6.30. The predicted molar refractivity (Wildman–Crippen MR) is 84.9 cm³/mol. The van der Waals surface area contributed by atoms with Gasteiger partial charge in [-0.1, -0.05) is 55.4 Å². The van der Waals surface area contributed by atoms with Crippen molar-refractivity contribution >= 4 is 0 Å². The Labute approximate surface area is 121 Å². The zero-order valence-electron chi connectivity index (χ0n) is 11.9. The quantitative estimate of drug-likeness (QED) is 0.577. The molecule has 20 heavy (non-hydrogen) atoms. The van der Waals surface area contributed by atoms with Crippen molar-refractivity contribution in [1.82, 2.24) is 0 Å². The summed E-state index contributed by atoms with van der Waals surface area (Å²) in [7, 11) is 0. The molecule has 0 fully saturated rings. The summed E-state index contributed by atoms with van der Waals surface area (Å²) in [6, 6.07) is 9.44. The number of benzene rings is 1. The molecule has 98 valence electrons. The van der Waals surface area contributed by atoms with Crippen LogP contribution >= 0.6 is 0 Å². The van der Waals surface area contributed by atoms with Crippen LogP contribution in [0.15, 0.2) is 72.4 Å². The van der Waals surface area contributed by atoms with Crippen LogP contribution in [-0.4, -0.2) is 0 Å². The molecular weight excluding hydrogens is 242 g/mol. The van der Waals surface area contributed by atoms with Crippen LogP contribution in [0.2, 0.25) is 0 Å². The normalized spacial score (nSPS) is 11.1. The van der Waals surface area contributed by atoms with Gasteiger partial charge in [-0.25, -0.2) is 0 Å². The number of nitriles is 1. The topological polar surface area (TPSA) is 23.8 Å². The van der Waals surface area contributed by atoms with Crippen molar-refractivity contribution in [3.63, 3.8) is 0 Å². The van der Waals surface area contributed by atoms with Gasteiger partial charge < -0.3 is 0 Å². The van der Waals surface area contributed by atoms with E-state index in [1.165, 1.54) is 0 Å². The van der Waals surface area contributed by atoms with Crippen LogP contribution in [0.5, 0.6) is 0 Å². The maximum absolute atomic E-state index is 9.06. The molecule has 1 aromatic carbocycles. The first kappa shape index (κ1) is 15.3. The molecule has 0 aromatic heterocycles. The summed E-state index contributed by atoms with van der Waals surface area (Å²) >= 11 is 0. The van der Waals surface area contributed by atoms with Crippen molar-refractivity contribution in [3.05, 3.63) is 83.5 Å². The summed E-state index contributed by atoms with van der Waals surface area (Å²) in [5, 5.41) is 9.06. The summed E-state index contributed by atoms with van der Waals surface area (Å²) in [4.78, 5) is 0. The lowest BCUT2D eigenvalue weighted by atomic mass is 10.0. The summed E-state index contributed by atoms with van der Waals surface area (Å²) in [6.45, 7) is 11.6. The van der Waals surface area contributed by atoms with Crippen LogP contribution in [0, 0.1) is 23.2 Å². The van der Waals surface area contributed by atoms with E-state index >= 15 is 0 Å². The predicted octanol–water partition coefficient (Wildman–Crippen LogP) is 4.54. The summed E-state index contributed by atoms with van der Waals surface area (Å²) < 4.78 is 0. The third kappa shape index (κ3) is 3.87. The Morgan fingerprint density at radius 2 is 1.90 bits per heavy atom. The van der Waals surface area contributed by atoms with E-state index in [1.54, 1.807) is 12.1 Å². The lowest BCUT2D eigenvalue weighted by molar-refractivity contribution is 1.42. The number of hydrogen-bond donors (Lipinski definition) is 0. The van der Waals surface area contributed by atoms with Crippen LogP contribution in [0.25, 0.3) is 0 Å². The van der Waals surface area contributed by atoms with Crippen molar-refractivity contribution in [1.29, 1.82) is 5.26 Å². The molecule has 0 bridgehead atoms. The van der Waals surface area contributed by atoms with Crippen LogP contribution < -0.4 is 0 Å².